The van der Waals surface area contributed by atoms with Crippen LogP contribution in [0.3, 0.4) is 0 Å². The first kappa shape index (κ1) is 9.66. The van der Waals surface area contributed by atoms with Crippen molar-refractivity contribution in [1.29, 1.82) is 0 Å². The van der Waals surface area contributed by atoms with Crippen LogP contribution >= 0.6 is 12.6 Å². The topological polar surface area (TPSA) is 0 Å². The van der Waals surface area contributed by atoms with Crippen LogP contribution in [0.2, 0.25) is 0 Å². The Morgan fingerprint density at radius 3 is 2.42 bits per heavy atom. The first-order valence-corrected chi connectivity index (χ1v) is 4.73. The number of allylic oxidation sites excluding steroid dienone is 4. The lowest BCUT2D eigenvalue weighted by atomic mass is 9.84. The average molecular weight is 180 g/mol. The molecule has 0 saturated carbocycles. The van der Waals surface area contributed by atoms with Crippen LogP contribution in [-0.4, -0.2) is 4.75 Å². The SMILES string of the molecule is C=CC1=C(C=C)CC(C)(S)CC1. The Labute approximate surface area is 80.5 Å². The van der Waals surface area contributed by atoms with E-state index in [1.54, 1.807) is 0 Å². The first-order valence-electron chi connectivity index (χ1n) is 4.28. The quantitative estimate of drug-likeness (QED) is 0.617. The Hall–Kier alpha value is -0.430. The number of thiol groups is 1. The summed E-state index contributed by atoms with van der Waals surface area (Å²) in [6, 6.07) is 0. The molecule has 1 aliphatic carbocycles. The Morgan fingerprint density at radius 1 is 1.33 bits per heavy atom. The lowest BCUT2D eigenvalue weighted by Gasteiger charge is -2.30. The van der Waals surface area contributed by atoms with Crippen LogP contribution < -0.4 is 0 Å². The molecule has 66 valence electrons. The minimum absolute atomic E-state index is 0.149. The molecule has 0 nitrogen and oxygen atoms in total. The van der Waals surface area contributed by atoms with E-state index in [0.717, 1.165) is 19.3 Å². The van der Waals surface area contributed by atoms with E-state index in [1.165, 1.54) is 11.1 Å². The highest BCUT2D eigenvalue weighted by molar-refractivity contribution is 7.81. The summed E-state index contributed by atoms with van der Waals surface area (Å²) in [7, 11) is 0. The lowest BCUT2D eigenvalue weighted by molar-refractivity contribution is 0.561. The highest BCUT2D eigenvalue weighted by Crippen LogP contribution is 2.37. The second-order valence-electron chi connectivity index (χ2n) is 3.63. The molecule has 0 radical (unpaired) electrons. The van der Waals surface area contributed by atoms with Crippen molar-refractivity contribution in [3.05, 3.63) is 36.5 Å². The van der Waals surface area contributed by atoms with Gasteiger partial charge in [0.25, 0.3) is 0 Å². The molecule has 0 aromatic rings. The van der Waals surface area contributed by atoms with Gasteiger partial charge in [0.2, 0.25) is 0 Å². The highest BCUT2D eigenvalue weighted by Gasteiger charge is 2.25. The van der Waals surface area contributed by atoms with Crippen molar-refractivity contribution in [2.24, 2.45) is 0 Å². The monoisotopic (exact) mass is 180 g/mol. The fraction of sp³-hybridized carbons (Fsp3) is 0.455. The summed E-state index contributed by atoms with van der Waals surface area (Å²) in [6.07, 6.45) is 7.12. The van der Waals surface area contributed by atoms with Gasteiger partial charge in [0.1, 0.15) is 0 Å². The Balaban J connectivity index is 2.91. The van der Waals surface area contributed by atoms with Crippen LogP contribution in [0, 0.1) is 0 Å². The van der Waals surface area contributed by atoms with E-state index < -0.39 is 0 Å². The van der Waals surface area contributed by atoms with E-state index in [9.17, 15) is 0 Å². The predicted octanol–water partition coefficient (Wildman–Crippen LogP) is 3.53. The third-order valence-corrected chi connectivity index (χ3v) is 2.79. The Morgan fingerprint density at radius 2 is 1.92 bits per heavy atom. The van der Waals surface area contributed by atoms with E-state index in [0.29, 0.717) is 0 Å². The highest BCUT2D eigenvalue weighted by atomic mass is 32.1. The van der Waals surface area contributed by atoms with Gasteiger partial charge >= 0.3 is 0 Å². The van der Waals surface area contributed by atoms with Gasteiger partial charge in [-0.15, -0.1) is 0 Å². The largest absolute Gasteiger partial charge is 0.172 e. The molecule has 1 unspecified atom stereocenters. The molecule has 0 aliphatic heterocycles. The van der Waals surface area contributed by atoms with Crippen molar-refractivity contribution < 1.29 is 0 Å². The Bertz CT molecular complexity index is 233. The fourth-order valence-electron chi connectivity index (χ4n) is 1.61. The molecule has 0 saturated heterocycles. The molecule has 1 aliphatic rings. The molecule has 0 aromatic heterocycles. The average Bonchev–Trinajstić information content (AvgIpc) is 2.03. The summed E-state index contributed by atoms with van der Waals surface area (Å²) in [5.41, 5.74) is 2.66. The predicted molar refractivity (Wildman–Crippen MR) is 58.7 cm³/mol. The van der Waals surface area contributed by atoms with E-state index in [2.05, 4.69) is 32.7 Å². The van der Waals surface area contributed by atoms with Gasteiger partial charge < -0.3 is 0 Å². The molecule has 0 spiro atoms. The molecule has 0 N–H and O–H groups in total. The van der Waals surface area contributed by atoms with Crippen LogP contribution in [0.25, 0.3) is 0 Å². The normalized spacial score (nSPS) is 30.2. The van der Waals surface area contributed by atoms with Crippen molar-refractivity contribution in [3.8, 4) is 0 Å². The third-order valence-electron chi connectivity index (χ3n) is 2.41. The van der Waals surface area contributed by atoms with Crippen LogP contribution in [0.4, 0.5) is 0 Å². The standard InChI is InChI=1S/C11H16S/c1-4-9-6-7-11(3,12)8-10(9)5-2/h4-5,12H,1-2,6-8H2,3H3. The zero-order valence-electron chi connectivity index (χ0n) is 7.64. The number of hydrogen-bond acceptors (Lipinski definition) is 1. The van der Waals surface area contributed by atoms with Crippen molar-refractivity contribution in [3.63, 3.8) is 0 Å². The van der Waals surface area contributed by atoms with E-state index in [1.807, 2.05) is 12.2 Å². The molecule has 1 rings (SSSR count). The van der Waals surface area contributed by atoms with Gasteiger partial charge in [-0.1, -0.05) is 32.2 Å². The van der Waals surface area contributed by atoms with Crippen LogP contribution in [0.5, 0.6) is 0 Å². The second-order valence-corrected chi connectivity index (χ2v) is 4.71. The van der Waals surface area contributed by atoms with Gasteiger partial charge in [-0.25, -0.2) is 0 Å². The maximum atomic E-state index is 4.59. The van der Waals surface area contributed by atoms with Gasteiger partial charge in [-0.3, -0.25) is 0 Å². The van der Waals surface area contributed by atoms with E-state index in [-0.39, 0.29) is 4.75 Å². The lowest BCUT2D eigenvalue weighted by Crippen LogP contribution is -2.21. The van der Waals surface area contributed by atoms with Crippen LogP contribution in [0.1, 0.15) is 26.2 Å². The molecule has 0 aromatic carbocycles. The summed E-state index contributed by atoms with van der Waals surface area (Å²) >= 11 is 4.59. The van der Waals surface area contributed by atoms with Crippen LogP contribution in [0.15, 0.2) is 36.5 Å². The summed E-state index contributed by atoms with van der Waals surface area (Å²) in [5, 5.41) is 0. The van der Waals surface area contributed by atoms with Crippen molar-refractivity contribution in [2.45, 2.75) is 30.9 Å². The summed E-state index contributed by atoms with van der Waals surface area (Å²) in [5.74, 6) is 0. The molecular formula is C11H16S. The minimum Gasteiger partial charge on any atom is -0.172 e. The number of rotatable bonds is 2. The van der Waals surface area contributed by atoms with Crippen LogP contribution in [-0.2, 0) is 0 Å². The smallest absolute Gasteiger partial charge is 0.0145 e. The van der Waals surface area contributed by atoms with Crippen molar-refractivity contribution >= 4 is 12.6 Å². The zero-order chi connectivity index (χ0) is 9.19. The van der Waals surface area contributed by atoms with Gasteiger partial charge in [0, 0.05) is 4.75 Å². The first-order chi connectivity index (χ1) is 5.59. The molecular weight excluding hydrogens is 164 g/mol. The van der Waals surface area contributed by atoms with Gasteiger partial charge in [-0.05, 0) is 30.4 Å². The molecule has 1 heteroatoms. The van der Waals surface area contributed by atoms with Gasteiger partial charge in [-0.2, -0.15) is 12.6 Å². The molecule has 0 fully saturated rings. The maximum Gasteiger partial charge on any atom is 0.0145 e. The Kier molecular flexibility index (Phi) is 2.84. The summed E-state index contributed by atoms with van der Waals surface area (Å²) in [6.45, 7) is 9.79. The fourth-order valence-corrected chi connectivity index (χ4v) is 1.90. The number of hydrogen-bond donors (Lipinski definition) is 1. The molecule has 1 atom stereocenters. The third kappa shape index (κ3) is 2.04. The van der Waals surface area contributed by atoms with E-state index in [4.69, 9.17) is 0 Å². The summed E-state index contributed by atoms with van der Waals surface area (Å²) < 4.78 is 0.149. The van der Waals surface area contributed by atoms with Gasteiger partial charge in [0.15, 0.2) is 0 Å². The van der Waals surface area contributed by atoms with Crippen molar-refractivity contribution in [1.82, 2.24) is 0 Å². The van der Waals surface area contributed by atoms with Gasteiger partial charge in [0.05, 0.1) is 0 Å². The van der Waals surface area contributed by atoms with E-state index >= 15 is 0 Å². The molecule has 0 amide bonds. The summed E-state index contributed by atoms with van der Waals surface area (Å²) in [4.78, 5) is 0. The maximum absolute atomic E-state index is 4.59. The van der Waals surface area contributed by atoms with Crippen molar-refractivity contribution in [2.75, 3.05) is 0 Å². The second kappa shape index (κ2) is 3.53. The molecule has 0 heterocycles. The minimum atomic E-state index is 0.149. The molecule has 0 bridgehead atoms. The molecule has 12 heavy (non-hydrogen) atoms. The zero-order valence-corrected chi connectivity index (χ0v) is 8.53.